The Kier molecular flexibility index (Phi) is 12.3. The number of nitrogens with zero attached hydrogens (tertiary/aromatic N) is 1. The van der Waals surface area contributed by atoms with E-state index in [1.54, 1.807) is 26.1 Å². The lowest BCUT2D eigenvalue weighted by molar-refractivity contribution is -0.154. The van der Waals surface area contributed by atoms with E-state index in [0.29, 0.717) is 24.3 Å². The van der Waals surface area contributed by atoms with Gasteiger partial charge in [-0.3, -0.25) is 14.9 Å². The summed E-state index contributed by atoms with van der Waals surface area (Å²) in [5.74, 6) is -0.0867. The fraction of sp³-hybridized carbons (Fsp3) is 0.618. The summed E-state index contributed by atoms with van der Waals surface area (Å²) < 4.78 is 29.0. The molecule has 3 heterocycles. The minimum atomic E-state index is -1.77. The van der Waals surface area contributed by atoms with Gasteiger partial charge in [-0.2, -0.15) is 12.6 Å². The molecule has 1 aromatic rings. The third kappa shape index (κ3) is 8.64. The molecule has 3 aliphatic heterocycles. The number of rotatable bonds is 8. The fourth-order valence-electron chi connectivity index (χ4n) is 6.38. The summed E-state index contributed by atoms with van der Waals surface area (Å²) in [5.41, 5.74) is -0.590. The lowest BCUT2D eigenvalue weighted by atomic mass is 9.83. The fourth-order valence-corrected chi connectivity index (χ4v) is 6.92. The molecule has 11 nitrogen and oxygen atoms in total. The monoisotopic (exact) mass is 694 g/mol. The number of carbonyl (C=O) groups excluding carboxylic acids is 3. The Balaban J connectivity index is 1.74. The van der Waals surface area contributed by atoms with Gasteiger partial charge in [0.15, 0.2) is 5.72 Å². The van der Waals surface area contributed by atoms with Crippen LogP contribution in [0.15, 0.2) is 35.9 Å². The first-order valence-electron chi connectivity index (χ1n) is 15.9. The summed E-state index contributed by atoms with van der Waals surface area (Å²) in [6, 6.07) is 3.65. The van der Waals surface area contributed by atoms with Crippen molar-refractivity contribution in [1.29, 1.82) is 0 Å². The summed E-state index contributed by atoms with van der Waals surface area (Å²) in [5, 5.41) is 14.4. The average Bonchev–Trinajstić information content (AvgIpc) is 3.72. The van der Waals surface area contributed by atoms with Gasteiger partial charge in [0, 0.05) is 32.9 Å². The SMILES string of the molecule is COc1cc2cc(c1Cl)N(C)C(=O)CC(OC(=O)CCCCCS)C1(C)OC1C(C)C1CC(O)(NC(=O)O1)C(OC)/C=C/C=C(\C)C2. The van der Waals surface area contributed by atoms with E-state index < -0.39 is 53.7 Å². The molecule has 7 unspecified atom stereocenters. The Morgan fingerprint density at radius 2 is 1.98 bits per heavy atom. The van der Waals surface area contributed by atoms with Crippen LogP contribution in [-0.2, 0) is 35.0 Å². The second-order valence-electron chi connectivity index (χ2n) is 12.8. The number of thiol groups is 1. The highest BCUT2D eigenvalue weighted by Crippen LogP contribution is 2.49. The lowest BCUT2D eigenvalue weighted by Gasteiger charge is -2.42. The molecule has 3 aliphatic rings. The molecule has 13 heteroatoms. The largest absolute Gasteiger partial charge is 0.495 e. The summed E-state index contributed by atoms with van der Waals surface area (Å²) in [4.78, 5) is 41.1. The molecule has 0 radical (unpaired) electrons. The van der Waals surface area contributed by atoms with Gasteiger partial charge in [-0.05, 0) is 56.6 Å². The van der Waals surface area contributed by atoms with Crippen molar-refractivity contribution < 1.29 is 43.2 Å². The molecule has 2 saturated heterocycles. The zero-order valence-corrected chi connectivity index (χ0v) is 29.6. The van der Waals surface area contributed by atoms with Crippen molar-refractivity contribution in [1.82, 2.24) is 5.32 Å². The van der Waals surface area contributed by atoms with Gasteiger partial charge >= 0.3 is 12.1 Å². The number of nitrogens with one attached hydrogen (secondary N) is 1. The standard InChI is InChI=1S/C34H47ClN2O9S/c1-20-11-10-12-26(43-6)34(41)19-25(44-32(40)36-34)21(2)31-33(3,46-31)27(45-29(39)13-8-7-9-14-47)18-28(38)37(4)23-16-22(15-20)17-24(42-5)30(23)35/h10-12,16-17,21,25-27,31,41,47H,7-9,13-15,18-19H2,1-6H3,(H,36,40)/b12-10+,20-11+. The second kappa shape index (κ2) is 15.6. The molecule has 0 aliphatic carbocycles. The zero-order valence-electron chi connectivity index (χ0n) is 27.9. The summed E-state index contributed by atoms with van der Waals surface area (Å²) in [7, 11) is 4.58. The minimum Gasteiger partial charge on any atom is -0.495 e. The zero-order chi connectivity index (χ0) is 34.5. The molecule has 2 N–H and O–H groups in total. The van der Waals surface area contributed by atoms with Gasteiger partial charge in [-0.25, -0.2) is 4.79 Å². The van der Waals surface area contributed by atoms with E-state index in [0.717, 1.165) is 29.7 Å². The highest BCUT2D eigenvalue weighted by Gasteiger charge is 2.64. The number of alkyl carbamates (subject to hydrolysis) is 1. The smallest absolute Gasteiger partial charge is 0.409 e. The summed E-state index contributed by atoms with van der Waals surface area (Å²) in [6.45, 7) is 5.56. The van der Waals surface area contributed by atoms with Crippen LogP contribution in [0.5, 0.6) is 5.75 Å². The Morgan fingerprint density at radius 1 is 1.23 bits per heavy atom. The molecule has 2 fully saturated rings. The normalized spacial score (nSPS) is 33.1. The predicted octanol–water partition coefficient (Wildman–Crippen LogP) is 5.16. The van der Waals surface area contributed by atoms with Crippen LogP contribution in [0.1, 0.15) is 64.9 Å². The van der Waals surface area contributed by atoms with Gasteiger partial charge in [0.1, 0.15) is 34.7 Å². The summed E-state index contributed by atoms with van der Waals surface area (Å²) in [6.07, 6.45) is 4.18. The molecule has 0 saturated carbocycles. The maximum Gasteiger partial charge on any atom is 0.409 e. The molecular weight excluding hydrogens is 648 g/mol. The number of ether oxygens (including phenoxy) is 5. The van der Waals surface area contributed by atoms with E-state index in [9.17, 15) is 19.5 Å². The number of hydrogen-bond donors (Lipinski definition) is 3. The quantitative estimate of drug-likeness (QED) is 0.146. The molecule has 1 aromatic carbocycles. The van der Waals surface area contributed by atoms with Gasteiger partial charge < -0.3 is 33.7 Å². The molecule has 0 aromatic heterocycles. The predicted molar refractivity (Wildman–Crippen MR) is 181 cm³/mol. The van der Waals surface area contributed by atoms with Gasteiger partial charge in [-0.15, -0.1) is 0 Å². The average molecular weight is 695 g/mol. The number of benzene rings is 1. The van der Waals surface area contributed by atoms with E-state index in [4.69, 9.17) is 35.3 Å². The molecule has 47 heavy (non-hydrogen) atoms. The first-order valence-corrected chi connectivity index (χ1v) is 17.0. The molecule has 7 atom stereocenters. The van der Waals surface area contributed by atoms with E-state index in [2.05, 4.69) is 17.9 Å². The third-order valence-electron chi connectivity index (χ3n) is 9.26. The van der Waals surface area contributed by atoms with E-state index >= 15 is 0 Å². The summed E-state index contributed by atoms with van der Waals surface area (Å²) >= 11 is 11.0. The molecule has 0 spiro atoms. The number of methoxy groups -OCH3 is 2. The van der Waals surface area contributed by atoms with Crippen LogP contribution in [-0.4, -0.2) is 85.8 Å². The molecular formula is C34H47ClN2O9S. The van der Waals surface area contributed by atoms with Crippen molar-refractivity contribution in [3.8, 4) is 5.75 Å². The highest BCUT2D eigenvalue weighted by atomic mass is 35.5. The van der Waals surface area contributed by atoms with Crippen LogP contribution in [0.3, 0.4) is 0 Å². The molecule has 2 amide bonds. The van der Waals surface area contributed by atoms with Gasteiger partial charge in [0.05, 0.1) is 25.3 Å². The Labute approximate surface area is 287 Å². The number of anilines is 1. The van der Waals surface area contributed by atoms with Crippen LogP contribution in [0.25, 0.3) is 0 Å². The van der Waals surface area contributed by atoms with Crippen molar-refractivity contribution >= 4 is 47.9 Å². The minimum absolute atomic E-state index is 0.00276. The number of aliphatic hydroxyl groups is 1. The molecule has 260 valence electrons. The number of hydrogen-bond acceptors (Lipinski definition) is 10. The van der Waals surface area contributed by atoms with Crippen LogP contribution in [0.4, 0.5) is 10.5 Å². The van der Waals surface area contributed by atoms with Gasteiger partial charge in [-0.1, -0.05) is 48.7 Å². The van der Waals surface area contributed by atoms with Gasteiger partial charge in [0.2, 0.25) is 5.91 Å². The Hall–Kier alpha value is -2.77. The van der Waals surface area contributed by atoms with Crippen molar-refractivity contribution in [2.24, 2.45) is 5.92 Å². The maximum atomic E-state index is 13.9. The van der Waals surface area contributed by atoms with Crippen molar-refractivity contribution in [3.63, 3.8) is 0 Å². The van der Waals surface area contributed by atoms with Crippen molar-refractivity contribution in [2.75, 3.05) is 31.9 Å². The first-order chi connectivity index (χ1) is 22.3. The number of unbranched alkanes of at least 4 members (excludes halogenated alkanes) is 2. The number of allylic oxidation sites excluding steroid dienone is 3. The number of carbonyl (C=O) groups is 3. The second-order valence-corrected chi connectivity index (χ2v) is 13.6. The van der Waals surface area contributed by atoms with Crippen LogP contribution >= 0.6 is 24.2 Å². The number of fused-ring (bicyclic) bond motifs is 5. The number of epoxide rings is 1. The number of amides is 2. The van der Waals surface area contributed by atoms with Gasteiger partial charge in [0.25, 0.3) is 0 Å². The molecule has 4 bridgehead atoms. The maximum absolute atomic E-state index is 13.9. The third-order valence-corrected chi connectivity index (χ3v) is 9.96. The van der Waals surface area contributed by atoms with E-state index in [-0.39, 0.29) is 30.2 Å². The van der Waals surface area contributed by atoms with Crippen molar-refractivity contribution in [2.45, 2.75) is 101 Å². The number of esters is 1. The van der Waals surface area contributed by atoms with Crippen LogP contribution in [0, 0.1) is 5.92 Å². The lowest BCUT2D eigenvalue weighted by Crippen LogP contribution is -2.63. The Bertz CT molecular complexity index is 1390. The van der Waals surface area contributed by atoms with Crippen LogP contribution in [0.2, 0.25) is 5.02 Å². The molecule has 4 rings (SSSR count). The Morgan fingerprint density at radius 3 is 2.66 bits per heavy atom. The highest BCUT2D eigenvalue weighted by molar-refractivity contribution is 7.80. The number of halogens is 1. The van der Waals surface area contributed by atoms with E-state index in [1.165, 1.54) is 19.1 Å². The van der Waals surface area contributed by atoms with E-state index in [1.807, 2.05) is 32.1 Å². The van der Waals surface area contributed by atoms with Crippen LogP contribution < -0.4 is 15.0 Å². The first kappa shape index (κ1) is 37.1. The topological polar surface area (TPSA) is 136 Å². The van der Waals surface area contributed by atoms with Crippen molar-refractivity contribution in [3.05, 3.63) is 46.5 Å².